The fourth-order valence-corrected chi connectivity index (χ4v) is 7.55. The fraction of sp³-hybridized carbons (Fsp3) is 0.222. The Balaban J connectivity index is 0.000000231. The zero-order valence-electron chi connectivity index (χ0n) is 23.2. The number of aliphatic hydroxyl groups excluding tert-OH is 2. The van der Waals surface area contributed by atoms with Crippen LogP contribution in [0.15, 0.2) is 129 Å². The molecule has 6 aromatic rings. The first kappa shape index (κ1) is 34.7. The fourth-order valence-electron chi connectivity index (χ4n) is 5.04. The number of aromatic nitrogens is 2. The lowest BCUT2D eigenvalue weighted by Gasteiger charge is -2.07. The second kappa shape index (κ2) is 16.3. The number of rotatable bonds is 10. The van der Waals surface area contributed by atoms with Crippen LogP contribution in [-0.2, 0) is 22.7 Å². The summed E-state index contributed by atoms with van der Waals surface area (Å²) in [6.07, 6.45) is 6.59. The number of hydrogen-bond donors (Lipinski definition) is 4. The molecule has 44 heavy (non-hydrogen) atoms. The van der Waals surface area contributed by atoms with Crippen LogP contribution in [0.4, 0.5) is 0 Å². The van der Waals surface area contributed by atoms with Crippen molar-refractivity contribution in [2.24, 2.45) is 0 Å². The molecule has 0 unspecified atom stereocenters. The largest absolute Gasteiger partial charge is 0.396 e. The van der Waals surface area contributed by atoms with Crippen LogP contribution in [0.25, 0.3) is 21.8 Å². The Hall–Kier alpha value is -3.82. The van der Waals surface area contributed by atoms with Crippen molar-refractivity contribution >= 4 is 43.4 Å². The summed E-state index contributed by atoms with van der Waals surface area (Å²) < 4.78 is 25.7. The van der Waals surface area contributed by atoms with Crippen molar-refractivity contribution < 1.29 is 18.6 Å². The van der Waals surface area contributed by atoms with E-state index in [-0.39, 0.29) is 33.0 Å². The van der Waals surface area contributed by atoms with E-state index in [0.29, 0.717) is 17.7 Å². The number of benzene rings is 4. The molecule has 0 amide bonds. The summed E-state index contributed by atoms with van der Waals surface area (Å²) in [5.74, 6) is 0. The van der Waals surface area contributed by atoms with E-state index in [1.165, 1.54) is 26.3 Å². The van der Waals surface area contributed by atoms with Gasteiger partial charge < -0.3 is 20.2 Å². The van der Waals surface area contributed by atoms with Gasteiger partial charge in [-0.25, -0.2) is 8.42 Å². The van der Waals surface area contributed by atoms with E-state index in [0.717, 1.165) is 29.3 Å². The molecule has 8 heteroatoms. The molecule has 0 saturated heterocycles. The van der Waals surface area contributed by atoms with Gasteiger partial charge in [-0.1, -0.05) is 87.3 Å². The average molecular weight is 631 g/mol. The lowest BCUT2D eigenvalue weighted by atomic mass is 10.1. The Labute approximate surface area is 265 Å². The zero-order chi connectivity index (χ0) is 29.4. The summed E-state index contributed by atoms with van der Waals surface area (Å²) in [5, 5.41) is 20.1. The Morgan fingerprint density at radius 2 is 1.14 bits per heavy atom. The minimum Gasteiger partial charge on any atom is -0.396 e. The third-order valence-electron chi connectivity index (χ3n) is 7.03. The molecular weight excluding hydrogens is 589 g/mol. The van der Waals surface area contributed by atoms with Crippen LogP contribution in [0.1, 0.15) is 38.8 Å². The van der Waals surface area contributed by atoms with Gasteiger partial charge in [0.05, 0.1) is 9.79 Å². The predicted octanol–water partition coefficient (Wildman–Crippen LogP) is 8.44. The van der Waals surface area contributed by atoms with Crippen molar-refractivity contribution in [3.05, 3.63) is 121 Å². The van der Waals surface area contributed by atoms with Crippen molar-refractivity contribution in [3.63, 3.8) is 0 Å². The molecule has 0 aliphatic rings. The summed E-state index contributed by atoms with van der Waals surface area (Å²) in [6, 6.07) is 30.8. The Morgan fingerprint density at radius 3 is 1.73 bits per heavy atom. The first-order valence-corrected chi connectivity index (χ1v) is 16.3. The van der Waals surface area contributed by atoms with Crippen molar-refractivity contribution in [2.75, 3.05) is 13.2 Å². The van der Waals surface area contributed by atoms with E-state index >= 15 is 0 Å². The number of fused-ring (bicyclic) bond motifs is 2. The molecule has 2 heterocycles. The maximum atomic E-state index is 12.9. The van der Waals surface area contributed by atoms with Crippen LogP contribution in [0.3, 0.4) is 0 Å². The average Bonchev–Trinajstić information content (AvgIpc) is 3.66. The Morgan fingerprint density at radius 1 is 0.614 bits per heavy atom. The molecule has 0 spiro atoms. The number of aromatic amines is 2. The topological polar surface area (TPSA) is 106 Å². The molecule has 0 bridgehead atoms. The van der Waals surface area contributed by atoms with Crippen LogP contribution in [0, 0.1) is 0 Å². The van der Waals surface area contributed by atoms with E-state index in [1.807, 2.05) is 24.3 Å². The first-order chi connectivity index (χ1) is 20.5. The van der Waals surface area contributed by atoms with Gasteiger partial charge in [0.2, 0.25) is 9.84 Å². The SMILES string of the molecule is C.C.O=S(=O)(c1ccccc1)c1c[nH]c2cccc(CCCO)c12.OCCCc1cccc2[nH]cc(Sc3ccccc3)c12. The summed E-state index contributed by atoms with van der Waals surface area (Å²) in [4.78, 5) is 9.45. The van der Waals surface area contributed by atoms with Crippen LogP contribution in [-0.4, -0.2) is 41.8 Å². The van der Waals surface area contributed by atoms with Gasteiger partial charge in [-0.2, -0.15) is 0 Å². The maximum absolute atomic E-state index is 12.9. The minimum absolute atomic E-state index is 0. The van der Waals surface area contributed by atoms with Crippen LogP contribution < -0.4 is 0 Å². The van der Waals surface area contributed by atoms with Crippen LogP contribution in [0.5, 0.6) is 0 Å². The predicted molar refractivity (Wildman–Crippen MR) is 183 cm³/mol. The van der Waals surface area contributed by atoms with Crippen LogP contribution >= 0.6 is 11.8 Å². The molecule has 0 saturated carbocycles. The van der Waals surface area contributed by atoms with E-state index < -0.39 is 9.84 Å². The van der Waals surface area contributed by atoms with Crippen molar-refractivity contribution in [1.29, 1.82) is 0 Å². The molecule has 6 rings (SSSR count). The van der Waals surface area contributed by atoms with E-state index in [2.05, 4.69) is 58.6 Å². The normalized spacial score (nSPS) is 11.0. The molecule has 232 valence electrons. The molecular formula is C36H42N2O4S2. The molecule has 2 aromatic heterocycles. The molecule has 4 aromatic carbocycles. The quantitative estimate of drug-likeness (QED) is 0.122. The third kappa shape index (κ3) is 7.81. The number of hydrogen-bond acceptors (Lipinski definition) is 5. The van der Waals surface area contributed by atoms with Gasteiger partial charge in [0, 0.05) is 57.2 Å². The number of nitrogens with one attached hydrogen (secondary N) is 2. The highest BCUT2D eigenvalue weighted by atomic mass is 32.2. The zero-order valence-corrected chi connectivity index (χ0v) is 24.8. The maximum Gasteiger partial charge on any atom is 0.208 e. The van der Waals surface area contributed by atoms with Crippen molar-refractivity contribution in [1.82, 2.24) is 9.97 Å². The van der Waals surface area contributed by atoms with E-state index in [4.69, 9.17) is 10.2 Å². The van der Waals surface area contributed by atoms with Gasteiger partial charge in [-0.15, -0.1) is 0 Å². The highest BCUT2D eigenvalue weighted by Gasteiger charge is 2.23. The number of aryl methyl sites for hydroxylation is 2. The molecule has 0 aliphatic heterocycles. The standard InChI is InChI=1S/C17H17NO3S.C17H17NOS.2CH4/c19-11-5-7-13-6-4-10-15-17(13)16(12-18-15)22(20,21)14-8-2-1-3-9-14;19-11-5-7-13-6-4-10-15-17(13)16(12-18-15)20-14-8-2-1-3-9-14;;/h1-4,6,8-10,12,18-19H,5,7,11H2;1-4,6,8-10,12,18-19H,5,7,11H2;2*1H4. The molecule has 4 N–H and O–H groups in total. The van der Waals surface area contributed by atoms with Crippen molar-refractivity contribution in [2.45, 2.75) is 60.1 Å². The van der Waals surface area contributed by atoms with Gasteiger partial charge in [0.15, 0.2) is 0 Å². The third-order valence-corrected chi connectivity index (χ3v) is 9.88. The van der Waals surface area contributed by atoms with E-state index in [9.17, 15) is 8.42 Å². The summed E-state index contributed by atoms with van der Waals surface area (Å²) in [5.41, 5.74) is 4.20. The highest BCUT2D eigenvalue weighted by molar-refractivity contribution is 7.99. The molecule has 0 radical (unpaired) electrons. The smallest absolute Gasteiger partial charge is 0.208 e. The summed E-state index contributed by atoms with van der Waals surface area (Å²) in [6.45, 7) is 0.323. The lowest BCUT2D eigenvalue weighted by molar-refractivity contribution is 0.288. The van der Waals surface area contributed by atoms with Gasteiger partial charge in [0.1, 0.15) is 0 Å². The van der Waals surface area contributed by atoms with Gasteiger partial charge in [0.25, 0.3) is 0 Å². The number of aliphatic hydroxyl groups is 2. The van der Waals surface area contributed by atoms with E-state index in [1.54, 1.807) is 48.3 Å². The van der Waals surface area contributed by atoms with Gasteiger partial charge in [-0.3, -0.25) is 0 Å². The molecule has 0 aliphatic carbocycles. The van der Waals surface area contributed by atoms with Gasteiger partial charge >= 0.3 is 0 Å². The number of sulfone groups is 1. The molecule has 0 fully saturated rings. The second-order valence-electron chi connectivity index (χ2n) is 9.87. The summed E-state index contributed by atoms with van der Waals surface area (Å²) in [7, 11) is -3.56. The minimum atomic E-state index is -3.56. The lowest BCUT2D eigenvalue weighted by Crippen LogP contribution is -2.02. The van der Waals surface area contributed by atoms with Crippen molar-refractivity contribution in [3.8, 4) is 0 Å². The van der Waals surface area contributed by atoms with Crippen LogP contribution in [0.2, 0.25) is 0 Å². The highest BCUT2D eigenvalue weighted by Crippen LogP contribution is 2.36. The molecule has 0 atom stereocenters. The number of H-pyrrole nitrogens is 2. The Kier molecular flexibility index (Phi) is 12.8. The second-order valence-corrected chi connectivity index (χ2v) is 12.9. The first-order valence-electron chi connectivity index (χ1n) is 14.0. The summed E-state index contributed by atoms with van der Waals surface area (Å²) >= 11 is 1.78. The monoisotopic (exact) mass is 630 g/mol. The Bertz CT molecular complexity index is 1850. The molecule has 6 nitrogen and oxygen atoms in total. The van der Waals surface area contributed by atoms with Gasteiger partial charge in [-0.05, 0) is 73.2 Å².